The molecular formula is C12H13FN2O. The molecule has 1 aliphatic heterocycles. The lowest BCUT2D eigenvalue weighted by Crippen LogP contribution is -2.46. The molecule has 1 amide bonds. The van der Waals surface area contributed by atoms with Crippen molar-refractivity contribution in [2.24, 2.45) is 0 Å². The Morgan fingerprint density at radius 2 is 2.25 bits per heavy atom. The van der Waals surface area contributed by atoms with Crippen LogP contribution in [0.3, 0.4) is 0 Å². The van der Waals surface area contributed by atoms with Gasteiger partial charge in [-0.15, -0.1) is 0 Å². The highest BCUT2D eigenvalue weighted by atomic mass is 19.1. The molecule has 1 aromatic carbocycles. The molecule has 0 radical (unpaired) electrons. The smallest absolute Gasteiger partial charge is 0.245 e. The molecule has 84 valence electrons. The highest BCUT2D eigenvalue weighted by molar-refractivity contribution is 5.90. The molecule has 3 rings (SSSR count). The van der Waals surface area contributed by atoms with E-state index in [1.807, 2.05) is 0 Å². The van der Waals surface area contributed by atoms with Crippen LogP contribution in [0.15, 0.2) is 18.2 Å². The number of amides is 1. The Hall–Kier alpha value is -1.42. The maximum absolute atomic E-state index is 13.3. The van der Waals surface area contributed by atoms with Gasteiger partial charge >= 0.3 is 0 Å². The summed E-state index contributed by atoms with van der Waals surface area (Å²) in [6.07, 6.45) is 2.63. The standard InChI is InChI=1S/C12H13FN2O/c13-9-4-3-8-2-1-5-12(10(8)6-9)11(16)14-7-15-12/h3-4,6,15H,1-2,5,7H2,(H,14,16). The van der Waals surface area contributed by atoms with Crippen LogP contribution in [-0.2, 0) is 16.8 Å². The fourth-order valence-corrected chi connectivity index (χ4v) is 2.77. The number of nitrogens with one attached hydrogen (secondary N) is 2. The highest BCUT2D eigenvalue weighted by Gasteiger charge is 2.46. The summed E-state index contributed by atoms with van der Waals surface area (Å²) < 4.78 is 13.3. The first kappa shape index (κ1) is 9.78. The maximum Gasteiger partial charge on any atom is 0.245 e. The number of hydrogen-bond acceptors (Lipinski definition) is 2. The van der Waals surface area contributed by atoms with Crippen LogP contribution < -0.4 is 10.6 Å². The van der Waals surface area contributed by atoms with Gasteiger partial charge in [0.25, 0.3) is 0 Å². The molecule has 1 spiro atoms. The maximum atomic E-state index is 13.3. The molecule has 1 fully saturated rings. The van der Waals surface area contributed by atoms with Crippen LogP contribution >= 0.6 is 0 Å². The van der Waals surface area contributed by atoms with Gasteiger partial charge in [-0.1, -0.05) is 6.07 Å². The van der Waals surface area contributed by atoms with Gasteiger partial charge in [0, 0.05) is 0 Å². The summed E-state index contributed by atoms with van der Waals surface area (Å²) in [6, 6.07) is 4.75. The van der Waals surface area contributed by atoms with Crippen molar-refractivity contribution in [2.75, 3.05) is 6.67 Å². The van der Waals surface area contributed by atoms with Gasteiger partial charge in [-0.05, 0) is 42.5 Å². The molecule has 4 heteroatoms. The Kier molecular flexibility index (Phi) is 2.01. The number of benzene rings is 1. The summed E-state index contributed by atoms with van der Waals surface area (Å²) in [6.45, 7) is 0.467. The Morgan fingerprint density at radius 3 is 3.00 bits per heavy atom. The van der Waals surface area contributed by atoms with E-state index in [1.54, 1.807) is 6.07 Å². The number of rotatable bonds is 0. The first-order valence-electron chi connectivity index (χ1n) is 5.55. The van der Waals surface area contributed by atoms with E-state index in [2.05, 4.69) is 10.6 Å². The fourth-order valence-electron chi connectivity index (χ4n) is 2.77. The quantitative estimate of drug-likeness (QED) is 0.685. The number of carbonyl (C=O) groups excluding carboxylic acids is 1. The number of aryl methyl sites for hydroxylation is 1. The summed E-state index contributed by atoms with van der Waals surface area (Å²) in [5.74, 6) is -0.305. The Balaban J connectivity index is 2.18. The lowest BCUT2D eigenvalue weighted by Gasteiger charge is -2.33. The summed E-state index contributed by atoms with van der Waals surface area (Å²) >= 11 is 0. The third kappa shape index (κ3) is 1.19. The molecule has 16 heavy (non-hydrogen) atoms. The first-order chi connectivity index (χ1) is 7.72. The van der Waals surface area contributed by atoms with Crippen molar-refractivity contribution in [1.82, 2.24) is 10.6 Å². The zero-order valence-corrected chi connectivity index (χ0v) is 8.85. The van der Waals surface area contributed by atoms with E-state index in [9.17, 15) is 9.18 Å². The Bertz CT molecular complexity index is 460. The van der Waals surface area contributed by atoms with Gasteiger partial charge in [0.15, 0.2) is 0 Å². The molecule has 0 aromatic heterocycles. The Labute approximate surface area is 93.0 Å². The van der Waals surface area contributed by atoms with Gasteiger partial charge in [0.05, 0.1) is 6.67 Å². The predicted octanol–water partition coefficient (Wildman–Crippen LogP) is 1.03. The molecule has 2 N–H and O–H groups in total. The van der Waals surface area contributed by atoms with E-state index >= 15 is 0 Å². The second kappa shape index (κ2) is 3.28. The third-order valence-electron chi connectivity index (χ3n) is 3.56. The fraction of sp³-hybridized carbons (Fsp3) is 0.417. The molecule has 1 atom stereocenters. The van der Waals surface area contributed by atoms with Crippen molar-refractivity contribution < 1.29 is 9.18 Å². The third-order valence-corrected chi connectivity index (χ3v) is 3.56. The van der Waals surface area contributed by atoms with Gasteiger partial charge in [-0.2, -0.15) is 0 Å². The predicted molar refractivity (Wildman–Crippen MR) is 57.2 cm³/mol. The minimum Gasteiger partial charge on any atom is -0.342 e. The number of hydrogen-bond donors (Lipinski definition) is 2. The first-order valence-corrected chi connectivity index (χ1v) is 5.55. The molecule has 0 saturated carbocycles. The lowest BCUT2D eigenvalue weighted by atomic mass is 9.76. The summed E-state index contributed by atoms with van der Waals surface area (Å²) in [5.41, 5.74) is 1.21. The summed E-state index contributed by atoms with van der Waals surface area (Å²) in [7, 11) is 0. The van der Waals surface area contributed by atoms with E-state index in [-0.39, 0.29) is 11.7 Å². The van der Waals surface area contributed by atoms with Crippen LogP contribution in [0.1, 0.15) is 24.0 Å². The van der Waals surface area contributed by atoms with E-state index < -0.39 is 5.54 Å². The molecule has 1 unspecified atom stereocenters. The highest BCUT2D eigenvalue weighted by Crippen LogP contribution is 2.37. The van der Waals surface area contributed by atoms with Crippen molar-refractivity contribution >= 4 is 5.91 Å². The van der Waals surface area contributed by atoms with Crippen LogP contribution in [0.4, 0.5) is 4.39 Å². The molecule has 1 heterocycles. The van der Waals surface area contributed by atoms with Crippen LogP contribution in [-0.4, -0.2) is 12.6 Å². The minimum atomic E-state index is -0.685. The number of halogens is 1. The van der Waals surface area contributed by atoms with Crippen molar-refractivity contribution in [3.8, 4) is 0 Å². The summed E-state index contributed by atoms with van der Waals surface area (Å²) in [4.78, 5) is 11.9. The molecule has 0 bridgehead atoms. The van der Waals surface area contributed by atoms with E-state index in [0.717, 1.165) is 30.4 Å². The molecule has 1 aromatic rings. The van der Waals surface area contributed by atoms with Crippen molar-refractivity contribution in [2.45, 2.75) is 24.8 Å². The van der Waals surface area contributed by atoms with Gasteiger partial charge < -0.3 is 5.32 Å². The van der Waals surface area contributed by atoms with E-state index in [4.69, 9.17) is 0 Å². The number of fused-ring (bicyclic) bond motifs is 2. The SMILES string of the molecule is O=C1NCNC12CCCc1ccc(F)cc12. The Morgan fingerprint density at radius 1 is 1.38 bits per heavy atom. The normalized spacial score (nSPS) is 27.9. The number of carbonyl (C=O) groups is 1. The van der Waals surface area contributed by atoms with Gasteiger partial charge in [0.1, 0.15) is 11.4 Å². The van der Waals surface area contributed by atoms with E-state index in [0.29, 0.717) is 6.67 Å². The van der Waals surface area contributed by atoms with Crippen LogP contribution in [0, 0.1) is 5.82 Å². The van der Waals surface area contributed by atoms with Crippen molar-refractivity contribution in [3.05, 3.63) is 35.1 Å². The second-order valence-electron chi connectivity index (χ2n) is 4.42. The molecule has 3 nitrogen and oxygen atoms in total. The average Bonchev–Trinajstić information content (AvgIpc) is 2.63. The van der Waals surface area contributed by atoms with Crippen molar-refractivity contribution in [1.29, 1.82) is 0 Å². The van der Waals surface area contributed by atoms with Crippen LogP contribution in [0.25, 0.3) is 0 Å². The average molecular weight is 220 g/mol. The second-order valence-corrected chi connectivity index (χ2v) is 4.42. The van der Waals surface area contributed by atoms with Gasteiger partial charge in [-0.25, -0.2) is 4.39 Å². The molecule has 1 saturated heterocycles. The molecular weight excluding hydrogens is 207 g/mol. The zero-order chi connectivity index (χ0) is 11.2. The van der Waals surface area contributed by atoms with Crippen LogP contribution in [0.5, 0.6) is 0 Å². The topological polar surface area (TPSA) is 41.1 Å². The van der Waals surface area contributed by atoms with Crippen molar-refractivity contribution in [3.63, 3.8) is 0 Å². The van der Waals surface area contributed by atoms with Gasteiger partial charge in [0.2, 0.25) is 5.91 Å². The van der Waals surface area contributed by atoms with E-state index in [1.165, 1.54) is 12.1 Å². The van der Waals surface area contributed by atoms with Crippen LogP contribution in [0.2, 0.25) is 0 Å². The summed E-state index contributed by atoms with van der Waals surface area (Å²) in [5, 5.41) is 5.95. The lowest BCUT2D eigenvalue weighted by molar-refractivity contribution is -0.124. The monoisotopic (exact) mass is 220 g/mol. The minimum absolute atomic E-state index is 0.0287. The largest absolute Gasteiger partial charge is 0.342 e. The molecule has 1 aliphatic carbocycles. The zero-order valence-electron chi connectivity index (χ0n) is 8.85. The molecule has 2 aliphatic rings. The van der Waals surface area contributed by atoms with Gasteiger partial charge in [-0.3, -0.25) is 10.1 Å².